The summed E-state index contributed by atoms with van der Waals surface area (Å²) in [5, 5.41) is 8.58. The van der Waals surface area contributed by atoms with Gasteiger partial charge in [0.1, 0.15) is 0 Å². The Morgan fingerprint density at radius 2 is 1.50 bits per heavy atom. The highest BCUT2D eigenvalue weighted by molar-refractivity contribution is 5.13. The number of unbranched alkanes of at least 4 members (excludes halogenated alkanes) is 7. The third-order valence-corrected chi connectivity index (χ3v) is 4.00. The first-order chi connectivity index (χ1) is 10.9. The summed E-state index contributed by atoms with van der Waals surface area (Å²) >= 11 is 0. The maximum atomic E-state index is 8.58. The lowest BCUT2D eigenvalue weighted by Crippen LogP contribution is -1.93. The van der Waals surface area contributed by atoms with Crippen LogP contribution in [0.25, 0.3) is 0 Å². The third kappa shape index (κ3) is 10.7. The molecule has 0 bridgehead atoms. The number of hydrogen-bond donors (Lipinski definition) is 1. The van der Waals surface area contributed by atoms with Crippen LogP contribution in [-0.2, 0) is 4.74 Å². The normalized spacial score (nSPS) is 19.0. The van der Waals surface area contributed by atoms with Gasteiger partial charge in [0.2, 0.25) is 0 Å². The Morgan fingerprint density at radius 3 is 2.23 bits per heavy atom. The summed E-state index contributed by atoms with van der Waals surface area (Å²) < 4.78 is 5.65. The SMILES string of the molecule is CCCCCCCCCC[C@H]1O[C@H]1CC#CCC#CCCO. The molecule has 2 atom stereocenters. The fourth-order valence-corrected chi connectivity index (χ4v) is 2.58. The molecule has 0 unspecified atom stereocenters. The van der Waals surface area contributed by atoms with Crippen LogP contribution in [0.5, 0.6) is 0 Å². The van der Waals surface area contributed by atoms with Gasteiger partial charge in [0.05, 0.1) is 25.2 Å². The highest BCUT2D eigenvalue weighted by Crippen LogP contribution is 2.29. The molecule has 2 nitrogen and oxygen atoms in total. The van der Waals surface area contributed by atoms with Gasteiger partial charge in [-0.3, -0.25) is 0 Å². The molecule has 1 aliphatic heterocycles. The predicted octanol–water partition coefficient (Wildman–Crippen LogP) is 4.45. The molecule has 0 amide bonds. The van der Waals surface area contributed by atoms with Gasteiger partial charge in [0, 0.05) is 12.8 Å². The lowest BCUT2D eigenvalue weighted by atomic mass is 10.1. The molecule has 1 saturated heterocycles. The van der Waals surface area contributed by atoms with E-state index in [9.17, 15) is 0 Å². The van der Waals surface area contributed by atoms with Crippen molar-refractivity contribution in [1.82, 2.24) is 0 Å². The molecule has 124 valence electrons. The van der Waals surface area contributed by atoms with E-state index in [4.69, 9.17) is 9.84 Å². The second-order valence-corrected chi connectivity index (χ2v) is 6.04. The average Bonchev–Trinajstić information content (AvgIpc) is 3.27. The Balaban J connectivity index is 1.86. The van der Waals surface area contributed by atoms with Crippen LogP contribution >= 0.6 is 0 Å². The van der Waals surface area contributed by atoms with Gasteiger partial charge in [-0.2, -0.15) is 0 Å². The van der Waals surface area contributed by atoms with E-state index in [1.54, 1.807) is 0 Å². The van der Waals surface area contributed by atoms with Crippen molar-refractivity contribution in [2.75, 3.05) is 6.61 Å². The Bertz CT molecular complexity index is 380. The van der Waals surface area contributed by atoms with Crippen molar-refractivity contribution in [2.45, 2.75) is 96.2 Å². The van der Waals surface area contributed by atoms with Gasteiger partial charge >= 0.3 is 0 Å². The Kier molecular flexibility index (Phi) is 11.9. The van der Waals surface area contributed by atoms with Crippen molar-refractivity contribution in [3.05, 3.63) is 0 Å². The van der Waals surface area contributed by atoms with Gasteiger partial charge in [-0.1, -0.05) is 82.0 Å². The molecule has 1 N–H and O–H groups in total. The molecule has 0 aromatic heterocycles. The van der Waals surface area contributed by atoms with Gasteiger partial charge < -0.3 is 9.84 Å². The van der Waals surface area contributed by atoms with Crippen LogP contribution < -0.4 is 0 Å². The van der Waals surface area contributed by atoms with Gasteiger partial charge in [-0.15, -0.1) is 0 Å². The molecule has 1 heterocycles. The van der Waals surface area contributed by atoms with Gasteiger partial charge in [0.15, 0.2) is 0 Å². The van der Waals surface area contributed by atoms with Crippen LogP contribution in [0.4, 0.5) is 0 Å². The molecule has 0 aromatic rings. The summed E-state index contributed by atoms with van der Waals surface area (Å²) in [6, 6.07) is 0. The maximum absolute atomic E-state index is 8.58. The van der Waals surface area contributed by atoms with Crippen LogP contribution in [-0.4, -0.2) is 23.9 Å². The average molecular weight is 304 g/mol. The maximum Gasteiger partial charge on any atom is 0.0950 e. The number of ether oxygens (including phenoxy) is 1. The molecule has 0 saturated carbocycles. The first kappa shape index (κ1) is 19.1. The van der Waals surface area contributed by atoms with Gasteiger partial charge in [0.25, 0.3) is 0 Å². The topological polar surface area (TPSA) is 32.8 Å². The molecule has 0 radical (unpaired) electrons. The van der Waals surface area contributed by atoms with Crippen LogP contribution in [0, 0.1) is 23.7 Å². The molecule has 1 aliphatic rings. The van der Waals surface area contributed by atoms with E-state index in [1.165, 1.54) is 57.8 Å². The Morgan fingerprint density at radius 1 is 0.818 bits per heavy atom. The van der Waals surface area contributed by atoms with E-state index in [0.29, 0.717) is 25.0 Å². The summed E-state index contributed by atoms with van der Waals surface area (Å²) in [7, 11) is 0. The first-order valence-corrected chi connectivity index (χ1v) is 9.06. The molecule has 0 spiro atoms. The second-order valence-electron chi connectivity index (χ2n) is 6.04. The van der Waals surface area contributed by atoms with E-state index in [1.807, 2.05) is 0 Å². The van der Waals surface area contributed by atoms with Crippen molar-refractivity contribution in [3.8, 4) is 23.7 Å². The summed E-state index contributed by atoms with van der Waals surface area (Å²) in [5.74, 6) is 12.0. The smallest absolute Gasteiger partial charge is 0.0950 e. The Hall–Kier alpha value is -0.960. The minimum absolute atomic E-state index is 0.136. The van der Waals surface area contributed by atoms with Gasteiger partial charge in [-0.25, -0.2) is 0 Å². The zero-order chi connectivity index (χ0) is 15.9. The highest BCUT2D eigenvalue weighted by atomic mass is 16.6. The van der Waals surface area contributed by atoms with Crippen LogP contribution in [0.1, 0.15) is 84.0 Å². The second kappa shape index (κ2) is 13.7. The first-order valence-electron chi connectivity index (χ1n) is 9.06. The zero-order valence-corrected chi connectivity index (χ0v) is 14.2. The van der Waals surface area contributed by atoms with Crippen LogP contribution in [0.3, 0.4) is 0 Å². The number of hydrogen-bond acceptors (Lipinski definition) is 2. The largest absolute Gasteiger partial charge is 0.395 e. The summed E-state index contributed by atoms with van der Waals surface area (Å²) in [4.78, 5) is 0. The summed E-state index contributed by atoms with van der Waals surface area (Å²) in [5.41, 5.74) is 0. The third-order valence-electron chi connectivity index (χ3n) is 4.00. The van der Waals surface area contributed by atoms with Crippen molar-refractivity contribution in [3.63, 3.8) is 0 Å². The van der Waals surface area contributed by atoms with Crippen LogP contribution in [0.2, 0.25) is 0 Å². The molecule has 0 aromatic carbocycles. The molecule has 22 heavy (non-hydrogen) atoms. The summed E-state index contributed by atoms with van der Waals surface area (Å²) in [6.45, 7) is 2.40. The van der Waals surface area contributed by atoms with E-state index in [2.05, 4.69) is 30.6 Å². The number of aliphatic hydroxyl groups excluding tert-OH is 1. The van der Waals surface area contributed by atoms with E-state index in [0.717, 1.165) is 6.42 Å². The molecular formula is C20H32O2. The number of epoxide rings is 1. The van der Waals surface area contributed by atoms with E-state index >= 15 is 0 Å². The van der Waals surface area contributed by atoms with Crippen molar-refractivity contribution >= 4 is 0 Å². The summed E-state index contributed by atoms with van der Waals surface area (Å²) in [6.07, 6.45) is 15.0. The molecular weight excluding hydrogens is 272 g/mol. The van der Waals surface area contributed by atoms with Gasteiger partial charge in [-0.05, 0) is 6.42 Å². The van der Waals surface area contributed by atoms with E-state index in [-0.39, 0.29) is 6.61 Å². The monoisotopic (exact) mass is 304 g/mol. The molecule has 1 rings (SSSR count). The number of rotatable bonds is 11. The zero-order valence-electron chi connectivity index (χ0n) is 14.2. The number of aliphatic hydroxyl groups is 1. The lowest BCUT2D eigenvalue weighted by Gasteiger charge is -2.00. The molecule has 1 fully saturated rings. The fourth-order valence-electron chi connectivity index (χ4n) is 2.58. The van der Waals surface area contributed by atoms with Crippen molar-refractivity contribution in [2.24, 2.45) is 0 Å². The molecule has 0 aliphatic carbocycles. The minimum atomic E-state index is 0.136. The molecule has 2 heteroatoms. The predicted molar refractivity (Wildman–Crippen MR) is 92.4 cm³/mol. The Labute approximate surface area is 137 Å². The lowest BCUT2D eigenvalue weighted by molar-refractivity contribution is 0.305. The van der Waals surface area contributed by atoms with Crippen LogP contribution in [0.15, 0.2) is 0 Å². The van der Waals surface area contributed by atoms with Crippen molar-refractivity contribution < 1.29 is 9.84 Å². The minimum Gasteiger partial charge on any atom is -0.395 e. The standard InChI is InChI=1S/C20H32O2/c1-2-3-4-5-6-7-10-13-16-19-20(22-19)17-14-11-8-9-12-15-18-21/h19-21H,2-8,10,13,15-18H2,1H3/t19-,20+/m1/s1. The fraction of sp³-hybridized carbons (Fsp3) is 0.800. The highest BCUT2D eigenvalue weighted by Gasteiger charge is 2.36. The quantitative estimate of drug-likeness (QED) is 0.347. The van der Waals surface area contributed by atoms with Crippen molar-refractivity contribution in [1.29, 1.82) is 0 Å². The van der Waals surface area contributed by atoms with E-state index < -0.39 is 0 Å².